The molecule has 0 saturated heterocycles. The molecule has 1 amide bonds. The fourth-order valence-electron chi connectivity index (χ4n) is 4.21. The number of anilines is 1. The fraction of sp³-hybridized carbons (Fsp3) is 0.435. The van der Waals surface area contributed by atoms with Crippen molar-refractivity contribution in [1.29, 1.82) is 0 Å². The third kappa shape index (κ3) is 5.54. The van der Waals surface area contributed by atoms with Crippen LogP contribution in [0.4, 0.5) is 5.95 Å². The largest absolute Gasteiger partial charge is 0.401 e. The molecule has 2 aromatic rings. The van der Waals surface area contributed by atoms with Crippen molar-refractivity contribution in [1.82, 2.24) is 19.9 Å². The van der Waals surface area contributed by atoms with Crippen LogP contribution in [-0.4, -0.2) is 58.6 Å². The summed E-state index contributed by atoms with van der Waals surface area (Å²) >= 11 is 0. The molecule has 1 aliphatic carbocycles. The molecule has 0 radical (unpaired) electrons. The number of hydrazine groups is 1. The maximum atomic E-state index is 12.5. The highest BCUT2D eigenvalue weighted by Gasteiger charge is 2.24. The third-order valence-electron chi connectivity index (χ3n) is 5.80. The number of hydrogen-bond acceptors (Lipinski definition) is 8. The Labute approximate surface area is 188 Å². The molecule has 0 atom stereocenters. The molecule has 1 aromatic carbocycles. The first-order valence-corrected chi connectivity index (χ1v) is 11.0. The van der Waals surface area contributed by atoms with Crippen LogP contribution in [0.5, 0.6) is 0 Å². The molecule has 1 aromatic heterocycles. The minimum Gasteiger partial charge on any atom is -0.401 e. The highest BCUT2D eigenvalue weighted by atomic mass is 16.5. The number of hydrogen-bond donors (Lipinski definition) is 3. The van der Waals surface area contributed by atoms with E-state index in [0.717, 1.165) is 24.1 Å². The number of carbonyl (C=O) groups is 1. The van der Waals surface area contributed by atoms with Crippen molar-refractivity contribution in [3.05, 3.63) is 64.7 Å². The molecule has 0 fully saturated rings. The summed E-state index contributed by atoms with van der Waals surface area (Å²) < 4.78 is 5.50. The summed E-state index contributed by atoms with van der Waals surface area (Å²) in [4.78, 5) is 23.5. The Bertz CT molecular complexity index is 967. The molecule has 0 bridgehead atoms. The minimum absolute atomic E-state index is 0.0316. The summed E-state index contributed by atoms with van der Waals surface area (Å²) in [5.41, 5.74) is 11.2. The first-order valence-electron chi connectivity index (χ1n) is 11.0. The predicted molar refractivity (Wildman–Crippen MR) is 122 cm³/mol. The van der Waals surface area contributed by atoms with E-state index in [1.807, 2.05) is 6.20 Å². The van der Waals surface area contributed by atoms with Crippen molar-refractivity contribution >= 4 is 11.9 Å². The maximum Gasteiger partial charge on any atom is 0.248 e. The molecule has 1 aliphatic heterocycles. The van der Waals surface area contributed by atoms with Crippen LogP contribution in [0.15, 0.2) is 42.4 Å². The van der Waals surface area contributed by atoms with Gasteiger partial charge in [0.25, 0.3) is 0 Å². The number of rotatable bonds is 8. The van der Waals surface area contributed by atoms with Crippen LogP contribution in [0.2, 0.25) is 0 Å². The van der Waals surface area contributed by atoms with Gasteiger partial charge < -0.3 is 25.7 Å². The van der Waals surface area contributed by atoms with Gasteiger partial charge >= 0.3 is 0 Å². The van der Waals surface area contributed by atoms with Gasteiger partial charge in [0, 0.05) is 62.7 Å². The zero-order valence-electron chi connectivity index (χ0n) is 18.5. The van der Waals surface area contributed by atoms with E-state index >= 15 is 0 Å². The second kappa shape index (κ2) is 9.97. The quantitative estimate of drug-likeness (QED) is 0.317. The molecule has 0 spiro atoms. The topological polar surface area (TPSA) is 123 Å². The number of nitrogens with two attached hydrogens (primary N) is 2. The van der Waals surface area contributed by atoms with Crippen molar-refractivity contribution in [2.75, 3.05) is 32.1 Å². The van der Waals surface area contributed by atoms with Gasteiger partial charge in [-0.1, -0.05) is 24.3 Å². The second-order valence-electron chi connectivity index (χ2n) is 8.42. The van der Waals surface area contributed by atoms with Gasteiger partial charge in [0.15, 0.2) is 0 Å². The number of nitrogens with one attached hydrogen (secondary N) is 1. The Morgan fingerprint density at radius 3 is 2.78 bits per heavy atom. The van der Waals surface area contributed by atoms with Crippen LogP contribution < -0.4 is 16.9 Å². The lowest BCUT2D eigenvalue weighted by Crippen LogP contribution is -2.38. The smallest absolute Gasteiger partial charge is 0.248 e. The highest BCUT2D eigenvalue weighted by molar-refractivity contribution is 5.77. The van der Waals surface area contributed by atoms with Gasteiger partial charge in [0.1, 0.15) is 6.61 Å². The minimum atomic E-state index is -0.0416. The van der Waals surface area contributed by atoms with Gasteiger partial charge in [-0.25, -0.2) is 15.8 Å². The Morgan fingerprint density at radius 1 is 1.31 bits per heavy atom. The second-order valence-corrected chi connectivity index (χ2v) is 8.42. The molecule has 4 rings (SSSR count). The zero-order chi connectivity index (χ0) is 22.5. The van der Waals surface area contributed by atoms with Gasteiger partial charge in [-0.15, -0.1) is 0 Å². The number of nitrogens with zero attached hydrogens (tertiary/aromatic N) is 4. The molecular formula is C23H31N7O2. The molecule has 0 saturated carbocycles. The molecule has 0 unspecified atom stereocenters. The summed E-state index contributed by atoms with van der Waals surface area (Å²) in [6, 6.07) is 8.86. The van der Waals surface area contributed by atoms with Crippen LogP contribution in [0, 0.1) is 0 Å². The predicted octanol–water partition coefficient (Wildman–Crippen LogP) is 0.953. The molecule has 9 heteroatoms. The Kier molecular flexibility index (Phi) is 6.87. The average Bonchev–Trinajstić information content (AvgIpc) is 3.18. The molecule has 32 heavy (non-hydrogen) atoms. The lowest BCUT2D eigenvalue weighted by molar-refractivity contribution is -0.137. The number of amides is 1. The van der Waals surface area contributed by atoms with Gasteiger partial charge in [-0.3, -0.25) is 4.79 Å². The van der Waals surface area contributed by atoms with Crippen molar-refractivity contribution in [2.45, 2.75) is 38.3 Å². The van der Waals surface area contributed by atoms with Crippen LogP contribution in [-0.2, 0) is 35.3 Å². The van der Waals surface area contributed by atoms with Gasteiger partial charge in [0.05, 0.1) is 12.3 Å². The molecule has 9 nitrogen and oxygen atoms in total. The fourth-order valence-corrected chi connectivity index (χ4v) is 4.21. The summed E-state index contributed by atoms with van der Waals surface area (Å²) in [5, 5.41) is 4.87. The van der Waals surface area contributed by atoms with E-state index in [1.54, 1.807) is 18.1 Å². The van der Waals surface area contributed by atoms with Crippen LogP contribution in [0.25, 0.3) is 0 Å². The van der Waals surface area contributed by atoms with E-state index in [0.29, 0.717) is 50.2 Å². The lowest BCUT2D eigenvalue weighted by atomic mass is 10.1. The van der Waals surface area contributed by atoms with Crippen LogP contribution in [0.3, 0.4) is 0 Å². The molecule has 2 aliphatic rings. The van der Waals surface area contributed by atoms with Gasteiger partial charge in [-0.05, 0) is 24.0 Å². The summed E-state index contributed by atoms with van der Waals surface area (Å²) in [6.07, 6.45) is 6.67. The van der Waals surface area contributed by atoms with E-state index in [2.05, 4.69) is 34.6 Å². The van der Waals surface area contributed by atoms with E-state index < -0.39 is 0 Å². The summed E-state index contributed by atoms with van der Waals surface area (Å²) in [6.45, 7) is 1.53. The number of aromatic nitrogens is 2. The maximum absolute atomic E-state index is 12.5. The first kappa shape index (κ1) is 22.0. The van der Waals surface area contributed by atoms with Crippen LogP contribution >= 0.6 is 0 Å². The molecule has 2 heterocycles. The number of carbonyl (C=O) groups excluding carboxylic acids is 1. The average molecular weight is 438 g/mol. The first-order chi connectivity index (χ1) is 15.5. The summed E-state index contributed by atoms with van der Waals surface area (Å²) in [5.74, 6) is 6.14. The van der Waals surface area contributed by atoms with Gasteiger partial charge in [0.2, 0.25) is 11.9 Å². The van der Waals surface area contributed by atoms with E-state index in [4.69, 9.17) is 21.3 Å². The van der Waals surface area contributed by atoms with Crippen molar-refractivity contribution in [3.63, 3.8) is 0 Å². The number of ether oxygens (including phenoxy) is 1. The summed E-state index contributed by atoms with van der Waals surface area (Å²) in [7, 11) is 1.70. The Morgan fingerprint density at radius 2 is 2.06 bits per heavy atom. The molecule has 170 valence electrons. The van der Waals surface area contributed by atoms with Crippen molar-refractivity contribution in [2.24, 2.45) is 11.6 Å². The zero-order valence-corrected chi connectivity index (χ0v) is 18.5. The third-order valence-corrected chi connectivity index (χ3v) is 5.80. The Balaban J connectivity index is 1.25. The standard InChI is InChI=1S/C23H31N7O2/c1-29(25)14-19(24)7-9-32-15-22(31)30-8-6-21-18(13-30)12-26-23(28-21)27-20-10-16-4-2-3-5-17(16)11-20/h2-5,12,14,20H,6-11,13,15,24-25H2,1H3,(H,26,27,28)/b19-14-. The molecule has 5 N–H and O–H groups in total. The van der Waals surface area contributed by atoms with Crippen molar-refractivity contribution in [3.8, 4) is 0 Å². The van der Waals surface area contributed by atoms with E-state index in [-0.39, 0.29) is 12.5 Å². The Hall–Kier alpha value is -3.17. The number of benzene rings is 1. The SMILES string of the molecule is CN(N)/C=C(\N)CCOCC(=O)N1CCc2nc(NC3Cc4ccccc4C3)ncc2C1. The van der Waals surface area contributed by atoms with E-state index in [9.17, 15) is 4.79 Å². The lowest BCUT2D eigenvalue weighted by Gasteiger charge is -2.28. The molecular weight excluding hydrogens is 406 g/mol. The van der Waals surface area contributed by atoms with Crippen molar-refractivity contribution < 1.29 is 9.53 Å². The van der Waals surface area contributed by atoms with Gasteiger partial charge in [-0.2, -0.15) is 0 Å². The van der Waals surface area contributed by atoms with E-state index in [1.165, 1.54) is 16.1 Å². The monoisotopic (exact) mass is 437 g/mol. The van der Waals surface area contributed by atoms with Crippen LogP contribution in [0.1, 0.15) is 28.8 Å². The normalized spacial score (nSPS) is 15.9. The highest BCUT2D eigenvalue weighted by Crippen LogP contribution is 2.24. The number of fused-ring (bicyclic) bond motifs is 2.